The summed E-state index contributed by atoms with van der Waals surface area (Å²) in [6, 6.07) is 18.7. The van der Waals surface area contributed by atoms with E-state index < -0.39 is 23.8 Å². The van der Waals surface area contributed by atoms with Crippen LogP contribution in [0.1, 0.15) is 82.6 Å². The number of ether oxygens (including phenoxy) is 2. The number of benzene rings is 3. The lowest BCUT2D eigenvalue weighted by atomic mass is 10.0. The molecular weight excluding hydrogens is 508 g/mol. The fourth-order valence-corrected chi connectivity index (χ4v) is 4.00. The molecule has 0 spiro atoms. The van der Waals surface area contributed by atoms with Crippen molar-refractivity contribution < 1.29 is 28.7 Å². The molecule has 0 saturated carbocycles. The van der Waals surface area contributed by atoms with Gasteiger partial charge in [-0.05, 0) is 86.0 Å². The van der Waals surface area contributed by atoms with E-state index in [2.05, 4.69) is 12.2 Å². The molecule has 0 fully saturated rings. The number of hydrogen-bond donors (Lipinski definition) is 2. The summed E-state index contributed by atoms with van der Waals surface area (Å²) in [5.41, 5.74) is 7.01. The van der Waals surface area contributed by atoms with Gasteiger partial charge in [-0.2, -0.15) is 0 Å². The Morgan fingerprint density at radius 1 is 0.750 bits per heavy atom. The number of Topliss-reactive ketones (excluding diaryl/α,β-unsaturated/α-hetero) is 1. The monoisotopic (exact) mass is 544 g/mol. The van der Waals surface area contributed by atoms with E-state index in [1.54, 1.807) is 48.5 Å². The van der Waals surface area contributed by atoms with Crippen LogP contribution in [-0.2, 0) is 11.2 Å². The third-order valence-electron chi connectivity index (χ3n) is 6.41. The molecule has 0 heterocycles. The minimum atomic E-state index is -0.756. The first-order chi connectivity index (χ1) is 19.3. The average Bonchev–Trinajstić information content (AvgIpc) is 2.95. The molecule has 0 unspecified atom stereocenters. The molecule has 3 aromatic rings. The van der Waals surface area contributed by atoms with Gasteiger partial charge in [0.25, 0.3) is 5.91 Å². The summed E-state index contributed by atoms with van der Waals surface area (Å²) >= 11 is 0. The van der Waals surface area contributed by atoms with Crippen molar-refractivity contribution in [3.63, 3.8) is 0 Å². The van der Waals surface area contributed by atoms with Gasteiger partial charge in [0.05, 0.1) is 18.2 Å². The first kappa shape index (κ1) is 30.1. The van der Waals surface area contributed by atoms with Crippen LogP contribution >= 0.6 is 0 Å². The molecule has 0 aliphatic rings. The number of ketones is 1. The fourth-order valence-electron chi connectivity index (χ4n) is 4.00. The zero-order chi connectivity index (χ0) is 28.9. The molecule has 1 atom stereocenters. The molecule has 2 amide bonds. The summed E-state index contributed by atoms with van der Waals surface area (Å²) in [5, 5.41) is 2.73. The Morgan fingerprint density at radius 3 is 1.93 bits per heavy atom. The highest BCUT2D eigenvalue weighted by molar-refractivity contribution is 5.99. The summed E-state index contributed by atoms with van der Waals surface area (Å²) in [6.45, 7) is 4.24. The quantitative estimate of drug-likeness (QED) is 0.152. The number of amides is 2. The first-order valence-corrected chi connectivity index (χ1v) is 13.5. The van der Waals surface area contributed by atoms with Crippen LogP contribution in [-0.4, -0.2) is 36.2 Å². The van der Waals surface area contributed by atoms with Crippen LogP contribution in [0.25, 0.3) is 0 Å². The summed E-state index contributed by atoms with van der Waals surface area (Å²) in [6.07, 6.45) is 6.08. The van der Waals surface area contributed by atoms with Crippen LogP contribution in [0, 0.1) is 0 Å². The van der Waals surface area contributed by atoms with E-state index in [0.717, 1.165) is 18.4 Å². The standard InChI is InChI=1S/C32H36N2O6/c1-3-4-5-6-7-20-39-27-18-14-26(15-19-27)32(38)40-28-16-8-23(9-17-28)21-29(22(2)35)34-31(37)25-12-10-24(11-13-25)30(33)36/h8-19,29H,3-7,20-21H2,1-2H3,(H2,33,36)(H,34,37)/t29-/m0/s1. The van der Waals surface area contributed by atoms with Gasteiger partial charge in [-0.25, -0.2) is 4.79 Å². The van der Waals surface area contributed by atoms with Crippen LogP contribution in [0.3, 0.4) is 0 Å². The van der Waals surface area contributed by atoms with E-state index in [4.69, 9.17) is 15.2 Å². The van der Waals surface area contributed by atoms with Crippen molar-refractivity contribution >= 4 is 23.6 Å². The zero-order valence-corrected chi connectivity index (χ0v) is 23.0. The molecule has 40 heavy (non-hydrogen) atoms. The second-order valence-electron chi connectivity index (χ2n) is 9.60. The lowest BCUT2D eigenvalue weighted by Gasteiger charge is -2.16. The third kappa shape index (κ3) is 9.38. The van der Waals surface area contributed by atoms with Gasteiger partial charge >= 0.3 is 5.97 Å². The van der Waals surface area contributed by atoms with Crippen molar-refractivity contribution in [2.45, 2.75) is 58.4 Å². The molecular formula is C32H36N2O6. The Labute approximate surface area is 234 Å². The molecule has 8 heteroatoms. The van der Waals surface area contributed by atoms with E-state index in [1.807, 2.05) is 0 Å². The number of unbranched alkanes of at least 4 members (excludes halogenated alkanes) is 4. The van der Waals surface area contributed by atoms with Crippen molar-refractivity contribution in [3.05, 3.63) is 95.1 Å². The Bertz CT molecular complexity index is 1280. The van der Waals surface area contributed by atoms with Crippen LogP contribution in [0.15, 0.2) is 72.8 Å². The van der Waals surface area contributed by atoms with Crippen molar-refractivity contribution in [2.75, 3.05) is 6.61 Å². The maximum atomic E-state index is 12.6. The van der Waals surface area contributed by atoms with E-state index in [0.29, 0.717) is 29.2 Å². The lowest BCUT2D eigenvalue weighted by Crippen LogP contribution is -2.41. The number of nitrogens with two attached hydrogens (primary N) is 1. The molecule has 3 rings (SSSR count). The van der Waals surface area contributed by atoms with Crippen LogP contribution < -0.4 is 20.5 Å². The van der Waals surface area contributed by atoms with E-state index >= 15 is 0 Å². The fraction of sp³-hybridized carbons (Fsp3) is 0.312. The number of primary amides is 1. The number of carbonyl (C=O) groups excluding carboxylic acids is 4. The molecule has 0 saturated heterocycles. The SMILES string of the molecule is CCCCCCCOc1ccc(C(=O)Oc2ccc(C[C@H](NC(=O)c3ccc(C(N)=O)cc3)C(C)=O)cc2)cc1. The maximum Gasteiger partial charge on any atom is 0.343 e. The molecule has 8 nitrogen and oxygen atoms in total. The van der Waals surface area contributed by atoms with Crippen molar-refractivity contribution in [3.8, 4) is 11.5 Å². The molecule has 0 aliphatic carbocycles. The van der Waals surface area contributed by atoms with Gasteiger partial charge in [-0.15, -0.1) is 0 Å². The number of hydrogen-bond acceptors (Lipinski definition) is 6. The molecule has 0 aliphatic heterocycles. The van der Waals surface area contributed by atoms with Gasteiger partial charge in [-0.3, -0.25) is 14.4 Å². The molecule has 210 valence electrons. The highest BCUT2D eigenvalue weighted by atomic mass is 16.5. The van der Waals surface area contributed by atoms with Crippen molar-refractivity contribution in [2.24, 2.45) is 5.73 Å². The first-order valence-electron chi connectivity index (χ1n) is 13.5. The van der Waals surface area contributed by atoms with Crippen molar-refractivity contribution in [1.82, 2.24) is 5.32 Å². The average molecular weight is 545 g/mol. The van der Waals surface area contributed by atoms with Gasteiger partial charge < -0.3 is 20.5 Å². The molecule has 0 bridgehead atoms. The Kier molecular flexibility index (Phi) is 11.4. The summed E-state index contributed by atoms with van der Waals surface area (Å²) in [4.78, 5) is 48.6. The Balaban J connectivity index is 1.51. The topological polar surface area (TPSA) is 125 Å². The van der Waals surface area contributed by atoms with E-state index in [9.17, 15) is 19.2 Å². The number of nitrogens with one attached hydrogen (secondary N) is 1. The summed E-state index contributed by atoms with van der Waals surface area (Å²) in [7, 11) is 0. The largest absolute Gasteiger partial charge is 0.494 e. The van der Waals surface area contributed by atoms with Gasteiger partial charge in [0.15, 0.2) is 5.78 Å². The zero-order valence-electron chi connectivity index (χ0n) is 23.0. The second kappa shape index (κ2) is 15.2. The van der Waals surface area contributed by atoms with Gasteiger partial charge in [-0.1, -0.05) is 44.7 Å². The van der Waals surface area contributed by atoms with Crippen molar-refractivity contribution in [1.29, 1.82) is 0 Å². The van der Waals surface area contributed by atoms with Gasteiger partial charge in [0, 0.05) is 11.1 Å². The predicted octanol–water partition coefficient (Wildman–Crippen LogP) is 5.28. The van der Waals surface area contributed by atoms with Crippen LogP contribution in [0.2, 0.25) is 0 Å². The van der Waals surface area contributed by atoms with Crippen LogP contribution in [0.5, 0.6) is 11.5 Å². The summed E-state index contributed by atoms with van der Waals surface area (Å²) in [5.74, 6) is -0.652. The lowest BCUT2D eigenvalue weighted by molar-refractivity contribution is -0.118. The molecule has 3 N–H and O–H groups in total. The summed E-state index contributed by atoms with van der Waals surface area (Å²) < 4.78 is 11.2. The second-order valence-corrected chi connectivity index (χ2v) is 9.60. The molecule has 0 aromatic heterocycles. The van der Waals surface area contributed by atoms with Gasteiger partial charge in [0.2, 0.25) is 5.91 Å². The Morgan fingerprint density at radius 2 is 1.32 bits per heavy atom. The predicted molar refractivity (Wildman–Crippen MR) is 153 cm³/mol. The minimum absolute atomic E-state index is 0.207. The number of esters is 1. The minimum Gasteiger partial charge on any atom is -0.494 e. The highest BCUT2D eigenvalue weighted by Gasteiger charge is 2.19. The number of rotatable bonds is 15. The van der Waals surface area contributed by atoms with Gasteiger partial charge in [0.1, 0.15) is 11.5 Å². The normalized spacial score (nSPS) is 11.3. The highest BCUT2D eigenvalue weighted by Crippen LogP contribution is 2.18. The third-order valence-corrected chi connectivity index (χ3v) is 6.41. The smallest absolute Gasteiger partial charge is 0.343 e. The van der Waals surface area contributed by atoms with E-state index in [-0.39, 0.29) is 17.8 Å². The molecule has 0 radical (unpaired) electrons. The van der Waals surface area contributed by atoms with Crippen LogP contribution in [0.4, 0.5) is 0 Å². The maximum absolute atomic E-state index is 12.6. The Hall–Kier alpha value is -4.46. The van der Waals surface area contributed by atoms with E-state index in [1.165, 1.54) is 50.5 Å². The molecule has 3 aromatic carbocycles. The number of carbonyl (C=O) groups is 4.